The maximum atomic E-state index is 6.08. The SMILES string of the molecule is Clc1ccc(C2=CSC3=NCCCCN23)cc1Cl. The van der Waals surface area contributed by atoms with Gasteiger partial charge in [0.25, 0.3) is 0 Å². The van der Waals surface area contributed by atoms with Crippen molar-refractivity contribution in [3.63, 3.8) is 0 Å². The Kier molecular flexibility index (Phi) is 3.55. The second-order valence-electron chi connectivity index (χ2n) is 4.27. The fourth-order valence-corrected chi connectivity index (χ4v) is 3.37. The van der Waals surface area contributed by atoms with E-state index in [1.54, 1.807) is 11.8 Å². The molecular weight excluding hydrogens is 287 g/mol. The van der Waals surface area contributed by atoms with E-state index in [1.165, 1.54) is 12.1 Å². The monoisotopic (exact) mass is 298 g/mol. The maximum Gasteiger partial charge on any atom is 0.168 e. The van der Waals surface area contributed by atoms with E-state index in [-0.39, 0.29) is 0 Å². The van der Waals surface area contributed by atoms with Crippen molar-refractivity contribution >= 4 is 45.8 Å². The molecule has 0 saturated carbocycles. The van der Waals surface area contributed by atoms with Crippen LogP contribution in [0, 0.1) is 0 Å². The Balaban J connectivity index is 1.94. The van der Waals surface area contributed by atoms with Crippen molar-refractivity contribution in [2.24, 2.45) is 4.99 Å². The summed E-state index contributed by atoms with van der Waals surface area (Å²) in [6, 6.07) is 5.77. The number of aliphatic imine (C=N–C) groups is 1. The number of thioether (sulfide) groups is 1. The standard InChI is InChI=1S/C13H12Cl2N2S/c14-10-4-3-9(7-11(10)15)12-8-18-13-16-5-1-2-6-17(12)13/h3-4,7-8H,1-2,5-6H2. The van der Waals surface area contributed by atoms with E-state index in [0.717, 1.165) is 30.2 Å². The molecule has 2 aliphatic rings. The van der Waals surface area contributed by atoms with Crippen molar-refractivity contribution in [3.8, 4) is 0 Å². The smallest absolute Gasteiger partial charge is 0.168 e. The van der Waals surface area contributed by atoms with Gasteiger partial charge in [-0.2, -0.15) is 0 Å². The highest BCUT2D eigenvalue weighted by Crippen LogP contribution is 2.36. The van der Waals surface area contributed by atoms with Gasteiger partial charge in [-0.05, 0) is 25.0 Å². The van der Waals surface area contributed by atoms with E-state index in [2.05, 4.69) is 15.3 Å². The summed E-state index contributed by atoms with van der Waals surface area (Å²) in [6.45, 7) is 1.96. The zero-order valence-electron chi connectivity index (χ0n) is 9.70. The minimum Gasteiger partial charge on any atom is -0.320 e. The average Bonchev–Trinajstić information content (AvgIpc) is 2.62. The molecule has 0 fully saturated rings. The number of amidine groups is 1. The van der Waals surface area contributed by atoms with Crippen molar-refractivity contribution < 1.29 is 0 Å². The minimum atomic E-state index is 0.594. The van der Waals surface area contributed by atoms with Gasteiger partial charge in [0.1, 0.15) is 0 Å². The van der Waals surface area contributed by atoms with Crippen molar-refractivity contribution in [3.05, 3.63) is 39.2 Å². The molecule has 0 N–H and O–H groups in total. The Morgan fingerprint density at radius 3 is 2.89 bits per heavy atom. The van der Waals surface area contributed by atoms with Crippen LogP contribution >= 0.6 is 35.0 Å². The number of hydrogen-bond donors (Lipinski definition) is 0. The van der Waals surface area contributed by atoms with Crippen LogP contribution in [-0.4, -0.2) is 23.2 Å². The zero-order chi connectivity index (χ0) is 12.5. The molecule has 2 aliphatic heterocycles. The third-order valence-electron chi connectivity index (χ3n) is 3.05. The summed E-state index contributed by atoms with van der Waals surface area (Å²) in [5.74, 6) is 0. The molecule has 94 valence electrons. The first kappa shape index (κ1) is 12.4. The molecule has 0 spiro atoms. The number of halogens is 2. The Hall–Kier alpha value is -0.640. The van der Waals surface area contributed by atoms with Gasteiger partial charge in [-0.25, -0.2) is 0 Å². The molecule has 0 bridgehead atoms. The van der Waals surface area contributed by atoms with Crippen molar-refractivity contribution in [1.29, 1.82) is 0 Å². The Bertz CT molecular complexity index is 540. The van der Waals surface area contributed by atoms with Gasteiger partial charge >= 0.3 is 0 Å². The normalized spacial score (nSPS) is 19.1. The molecule has 0 aliphatic carbocycles. The second kappa shape index (κ2) is 5.16. The number of nitrogens with zero attached hydrogens (tertiary/aromatic N) is 2. The molecule has 2 nitrogen and oxygen atoms in total. The van der Waals surface area contributed by atoms with E-state index < -0.39 is 0 Å². The zero-order valence-corrected chi connectivity index (χ0v) is 12.0. The molecule has 5 heteroatoms. The average molecular weight is 299 g/mol. The van der Waals surface area contributed by atoms with Crippen molar-refractivity contribution in [1.82, 2.24) is 4.90 Å². The lowest BCUT2D eigenvalue weighted by molar-refractivity contribution is 0.571. The third kappa shape index (κ3) is 2.27. The molecule has 2 heterocycles. The van der Waals surface area contributed by atoms with Gasteiger partial charge in [0.05, 0.1) is 15.7 Å². The van der Waals surface area contributed by atoms with Crippen molar-refractivity contribution in [2.75, 3.05) is 13.1 Å². The lowest BCUT2D eigenvalue weighted by Gasteiger charge is -2.21. The van der Waals surface area contributed by atoms with Crippen LogP contribution in [0.1, 0.15) is 18.4 Å². The molecule has 1 aromatic rings. The molecule has 0 saturated heterocycles. The molecule has 18 heavy (non-hydrogen) atoms. The lowest BCUT2D eigenvalue weighted by atomic mass is 10.1. The predicted octanol–water partition coefficient (Wildman–Crippen LogP) is 4.49. The highest BCUT2D eigenvalue weighted by Gasteiger charge is 2.25. The Morgan fingerprint density at radius 1 is 1.17 bits per heavy atom. The van der Waals surface area contributed by atoms with Crippen LogP contribution in [0.5, 0.6) is 0 Å². The molecular formula is C13H12Cl2N2S. The van der Waals surface area contributed by atoms with E-state index in [0.29, 0.717) is 10.0 Å². The Labute approximate surface area is 121 Å². The van der Waals surface area contributed by atoms with Crippen LogP contribution < -0.4 is 0 Å². The first-order valence-corrected chi connectivity index (χ1v) is 7.53. The van der Waals surface area contributed by atoms with E-state index in [1.807, 2.05) is 18.2 Å². The second-order valence-corrected chi connectivity index (χ2v) is 5.92. The first-order valence-electron chi connectivity index (χ1n) is 5.90. The Morgan fingerprint density at radius 2 is 2.06 bits per heavy atom. The van der Waals surface area contributed by atoms with Crippen LogP contribution in [-0.2, 0) is 0 Å². The van der Waals surface area contributed by atoms with Gasteiger partial charge in [-0.3, -0.25) is 4.99 Å². The minimum absolute atomic E-state index is 0.594. The molecule has 0 amide bonds. The summed E-state index contributed by atoms with van der Waals surface area (Å²) < 4.78 is 0. The first-order chi connectivity index (χ1) is 8.75. The summed E-state index contributed by atoms with van der Waals surface area (Å²) in [6.07, 6.45) is 2.33. The van der Waals surface area contributed by atoms with Gasteiger partial charge in [0, 0.05) is 24.1 Å². The molecule has 0 unspecified atom stereocenters. The van der Waals surface area contributed by atoms with Gasteiger partial charge in [0.2, 0.25) is 0 Å². The number of benzene rings is 1. The fraction of sp³-hybridized carbons (Fsp3) is 0.308. The van der Waals surface area contributed by atoms with Gasteiger partial charge < -0.3 is 4.90 Å². The van der Waals surface area contributed by atoms with Crippen molar-refractivity contribution in [2.45, 2.75) is 12.8 Å². The molecule has 0 aromatic heterocycles. The van der Waals surface area contributed by atoms with Gasteiger partial charge in [-0.15, -0.1) is 0 Å². The van der Waals surface area contributed by atoms with E-state index >= 15 is 0 Å². The third-order valence-corrected chi connectivity index (χ3v) is 4.69. The lowest BCUT2D eigenvalue weighted by Crippen LogP contribution is -2.23. The summed E-state index contributed by atoms with van der Waals surface area (Å²) in [4.78, 5) is 6.87. The highest BCUT2D eigenvalue weighted by atomic mass is 35.5. The van der Waals surface area contributed by atoms with Crippen LogP contribution in [0.4, 0.5) is 0 Å². The fourth-order valence-electron chi connectivity index (χ4n) is 2.11. The summed E-state index contributed by atoms with van der Waals surface area (Å²) in [5, 5.41) is 4.44. The molecule has 1 aromatic carbocycles. The predicted molar refractivity (Wildman–Crippen MR) is 80.3 cm³/mol. The molecule has 3 rings (SSSR count). The quantitative estimate of drug-likeness (QED) is 0.759. The highest BCUT2D eigenvalue weighted by molar-refractivity contribution is 8.16. The number of fused-ring (bicyclic) bond motifs is 1. The van der Waals surface area contributed by atoms with E-state index in [9.17, 15) is 0 Å². The van der Waals surface area contributed by atoms with Crippen LogP contribution in [0.2, 0.25) is 10.0 Å². The summed E-state index contributed by atoms with van der Waals surface area (Å²) in [5.41, 5.74) is 2.28. The van der Waals surface area contributed by atoms with Crippen LogP contribution in [0.3, 0.4) is 0 Å². The van der Waals surface area contributed by atoms with Gasteiger partial charge in [0.15, 0.2) is 5.17 Å². The number of hydrogen-bond acceptors (Lipinski definition) is 3. The molecule has 0 radical (unpaired) electrons. The summed E-state index contributed by atoms with van der Waals surface area (Å²) in [7, 11) is 0. The topological polar surface area (TPSA) is 15.6 Å². The van der Waals surface area contributed by atoms with Crippen LogP contribution in [0.25, 0.3) is 5.70 Å². The number of rotatable bonds is 1. The maximum absolute atomic E-state index is 6.08. The molecule has 0 atom stereocenters. The van der Waals surface area contributed by atoms with Gasteiger partial charge in [-0.1, -0.05) is 41.0 Å². The largest absolute Gasteiger partial charge is 0.320 e. The van der Waals surface area contributed by atoms with E-state index in [4.69, 9.17) is 23.2 Å². The van der Waals surface area contributed by atoms with Crippen LogP contribution in [0.15, 0.2) is 28.6 Å². The summed E-state index contributed by atoms with van der Waals surface area (Å²) >= 11 is 13.7.